The number of fused-ring (bicyclic) bond motifs is 2. The van der Waals surface area contributed by atoms with E-state index in [0.29, 0.717) is 18.2 Å². The topological polar surface area (TPSA) is 57.4 Å². The molecule has 0 spiro atoms. The zero-order valence-corrected chi connectivity index (χ0v) is 22.2. The Labute approximate surface area is 214 Å². The first kappa shape index (κ1) is 25.6. The molecular weight excluding hydrogens is 458 g/mol. The van der Waals surface area contributed by atoms with Gasteiger partial charge in [0.05, 0.1) is 0 Å². The minimum absolute atomic E-state index is 0.0527. The summed E-state index contributed by atoms with van der Waals surface area (Å²) in [4.78, 5) is 18.4. The highest BCUT2D eigenvalue weighted by Crippen LogP contribution is 2.38. The van der Waals surface area contributed by atoms with Crippen LogP contribution in [0.2, 0.25) is 0 Å². The van der Waals surface area contributed by atoms with Gasteiger partial charge in [0.15, 0.2) is 0 Å². The van der Waals surface area contributed by atoms with Crippen molar-refractivity contribution in [2.45, 2.75) is 65.5 Å². The molecule has 3 aliphatic rings. The Kier molecular flexibility index (Phi) is 8.08. The fraction of sp³-hybridized carbons (Fsp3) is 0.483. The Hall–Kier alpha value is -2.50. The number of amides is 1. The Bertz CT molecular complexity index is 1110. The zero-order valence-electron chi connectivity index (χ0n) is 21.4. The largest absolute Gasteiger partial charge is 0.487 e. The number of aromatic amines is 1. The molecule has 3 heterocycles. The van der Waals surface area contributed by atoms with E-state index >= 15 is 0 Å². The summed E-state index contributed by atoms with van der Waals surface area (Å²) in [5.74, 6) is 1.54. The average molecular weight is 496 g/mol. The van der Waals surface area contributed by atoms with Crippen molar-refractivity contribution in [1.82, 2.24) is 15.2 Å². The van der Waals surface area contributed by atoms with Crippen LogP contribution < -0.4 is 10.1 Å². The number of aromatic nitrogens is 1. The van der Waals surface area contributed by atoms with Crippen LogP contribution in [0, 0.1) is 5.92 Å². The molecule has 1 aromatic carbocycles. The van der Waals surface area contributed by atoms with Gasteiger partial charge in [-0.3, -0.25) is 9.69 Å². The molecule has 0 bridgehead atoms. The lowest BCUT2D eigenvalue weighted by Crippen LogP contribution is -2.38. The Balaban J connectivity index is 0.00000141. The van der Waals surface area contributed by atoms with Crippen molar-refractivity contribution in [2.24, 2.45) is 5.92 Å². The van der Waals surface area contributed by atoms with Gasteiger partial charge in [-0.15, -0.1) is 0 Å². The van der Waals surface area contributed by atoms with E-state index in [9.17, 15) is 4.79 Å². The number of hydrogen-bond donors (Lipinski definition) is 2. The highest BCUT2D eigenvalue weighted by molar-refractivity contribution is 6.31. The molecular formula is C29H38ClN3O2. The van der Waals surface area contributed by atoms with Crippen LogP contribution >= 0.6 is 11.6 Å². The summed E-state index contributed by atoms with van der Waals surface area (Å²) in [7, 11) is 0. The summed E-state index contributed by atoms with van der Waals surface area (Å²) in [5.41, 5.74) is 4.99. The number of nitrogens with one attached hydrogen (secondary N) is 2. The van der Waals surface area contributed by atoms with Gasteiger partial charge in [0, 0.05) is 42.2 Å². The molecule has 5 nitrogen and oxygen atoms in total. The van der Waals surface area contributed by atoms with Gasteiger partial charge in [0.1, 0.15) is 17.0 Å². The van der Waals surface area contributed by atoms with E-state index < -0.39 is 0 Å². The van der Waals surface area contributed by atoms with Gasteiger partial charge >= 0.3 is 0 Å². The molecule has 6 heteroatoms. The molecule has 35 heavy (non-hydrogen) atoms. The van der Waals surface area contributed by atoms with E-state index in [0.717, 1.165) is 67.4 Å². The van der Waals surface area contributed by atoms with Crippen LogP contribution in [0.4, 0.5) is 0 Å². The number of H-pyrrole nitrogens is 1. The number of hydrogen-bond acceptors (Lipinski definition) is 3. The van der Waals surface area contributed by atoms with Gasteiger partial charge in [0.25, 0.3) is 5.91 Å². The van der Waals surface area contributed by atoms with Crippen LogP contribution in [0.25, 0.3) is 12.2 Å². The second-order valence-corrected chi connectivity index (χ2v) is 10.6. The first-order chi connectivity index (χ1) is 16.9. The maximum absolute atomic E-state index is 12.7. The predicted octanol–water partition coefficient (Wildman–Crippen LogP) is 6.39. The van der Waals surface area contributed by atoms with Crippen LogP contribution in [-0.2, 0) is 13.0 Å². The molecule has 1 aromatic heterocycles. The molecule has 188 valence electrons. The van der Waals surface area contributed by atoms with Gasteiger partial charge in [-0.25, -0.2) is 0 Å². The van der Waals surface area contributed by atoms with Gasteiger partial charge in [-0.05, 0) is 69.0 Å². The number of allylic oxidation sites excluding steroid dienone is 2. The van der Waals surface area contributed by atoms with E-state index in [1.165, 1.54) is 11.1 Å². The third-order valence-electron chi connectivity index (χ3n) is 6.86. The first-order valence-corrected chi connectivity index (χ1v) is 13.3. The summed E-state index contributed by atoms with van der Waals surface area (Å²) >= 11 is 6.18. The third kappa shape index (κ3) is 6.20. The van der Waals surface area contributed by atoms with E-state index in [1.807, 2.05) is 38.1 Å². The quantitative estimate of drug-likeness (QED) is 0.505. The van der Waals surface area contributed by atoms with Crippen molar-refractivity contribution in [3.05, 3.63) is 63.5 Å². The van der Waals surface area contributed by atoms with Crippen molar-refractivity contribution in [1.29, 1.82) is 0 Å². The monoisotopic (exact) mass is 495 g/mol. The molecule has 0 saturated carbocycles. The summed E-state index contributed by atoms with van der Waals surface area (Å²) in [6.07, 6.45) is 9.80. The smallest absolute Gasteiger partial charge is 0.267 e. The number of rotatable bonds is 5. The fourth-order valence-electron chi connectivity index (χ4n) is 5.11. The standard InChI is InChI=1S/C27H32ClN3O2.C2H6/c1-27(2)15-20-6-3-7-21(25(20)33-27)17-31-11-9-18(10-12-31)16-29-26(32)24-13-19-5-4-8-22(28)14-23(19)30-24;1-2/h3-7,13-14,18,30H,8-12,15-17H2,1-2H3,(H,29,32);1-2H3. The van der Waals surface area contributed by atoms with E-state index in [2.05, 4.69) is 47.2 Å². The van der Waals surface area contributed by atoms with Crippen LogP contribution in [0.5, 0.6) is 5.75 Å². The van der Waals surface area contributed by atoms with Crippen LogP contribution in [0.1, 0.15) is 79.8 Å². The number of halogens is 1. The molecule has 2 aliphatic heterocycles. The number of para-hydroxylation sites is 1. The highest BCUT2D eigenvalue weighted by atomic mass is 35.5. The summed E-state index contributed by atoms with van der Waals surface area (Å²) in [6, 6.07) is 8.44. The molecule has 1 aliphatic carbocycles. The highest BCUT2D eigenvalue weighted by Gasteiger charge is 2.32. The van der Waals surface area contributed by atoms with Crippen LogP contribution in [0.15, 0.2) is 35.4 Å². The molecule has 0 unspecified atom stereocenters. The van der Waals surface area contributed by atoms with Crippen molar-refractivity contribution in [2.75, 3.05) is 19.6 Å². The Morgan fingerprint density at radius 2 is 2.03 bits per heavy atom. The molecule has 2 N–H and O–H groups in total. The van der Waals surface area contributed by atoms with Crippen molar-refractivity contribution in [3.8, 4) is 5.75 Å². The number of nitrogens with zero attached hydrogens (tertiary/aromatic N) is 1. The van der Waals surface area contributed by atoms with Crippen LogP contribution in [0.3, 0.4) is 0 Å². The van der Waals surface area contributed by atoms with E-state index in [4.69, 9.17) is 16.3 Å². The predicted molar refractivity (Wildman–Crippen MR) is 145 cm³/mol. The summed E-state index contributed by atoms with van der Waals surface area (Å²) in [6.45, 7) is 12.0. The zero-order chi connectivity index (χ0) is 25.0. The van der Waals surface area contributed by atoms with Gasteiger partial charge in [0.2, 0.25) is 0 Å². The number of piperidine rings is 1. The fourth-order valence-corrected chi connectivity index (χ4v) is 5.30. The maximum atomic E-state index is 12.7. The Morgan fingerprint density at radius 1 is 1.26 bits per heavy atom. The number of benzene rings is 1. The number of ether oxygens (including phenoxy) is 1. The summed E-state index contributed by atoms with van der Waals surface area (Å²) in [5, 5.41) is 3.89. The van der Waals surface area contributed by atoms with Gasteiger partial charge in [-0.1, -0.05) is 55.8 Å². The molecule has 1 amide bonds. The average Bonchev–Trinajstić information content (AvgIpc) is 3.33. The molecule has 1 fully saturated rings. The number of carbonyl (C=O) groups excluding carboxylic acids is 1. The van der Waals surface area contributed by atoms with E-state index in [1.54, 1.807) is 0 Å². The Morgan fingerprint density at radius 3 is 2.80 bits per heavy atom. The molecule has 1 saturated heterocycles. The van der Waals surface area contributed by atoms with Crippen LogP contribution in [-0.4, -0.2) is 41.0 Å². The third-order valence-corrected chi connectivity index (χ3v) is 7.12. The molecule has 5 rings (SSSR count). The second kappa shape index (κ2) is 11.0. The van der Waals surface area contributed by atoms with Crippen molar-refractivity contribution >= 4 is 29.7 Å². The minimum atomic E-state index is -0.111. The number of likely N-dealkylation sites (tertiary alicyclic amines) is 1. The van der Waals surface area contributed by atoms with Gasteiger partial charge in [-0.2, -0.15) is 0 Å². The number of carbonyl (C=O) groups is 1. The molecule has 0 radical (unpaired) electrons. The minimum Gasteiger partial charge on any atom is -0.487 e. The van der Waals surface area contributed by atoms with Gasteiger partial charge < -0.3 is 15.0 Å². The van der Waals surface area contributed by atoms with E-state index in [-0.39, 0.29) is 11.5 Å². The van der Waals surface area contributed by atoms with Crippen molar-refractivity contribution in [3.63, 3.8) is 0 Å². The second-order valence-electron chi connectivity index (χ2n) is 10.1. The SMILES string of the molecule is CC.CC1(C)Cc2cccc(CN3CCC(CNC(=O)c4cc5c([nH]4)C=C(Cl)CC=C5)CC3)c2O1. The normalized spacial score (nSPS) is 18.9. The van der Waals surface area contributed by atoms with Crippen molar-refractivity contribution < 1.29 is 9.53 Å². The maximum Gasteiger partial charge on any atom is 0.267 e. The lowest BCUT2D eigenvalue weighted by molar-refractivity contribution is 0.0929. The molecule has 0 atom stereocenters. The summed E-state index contributed by atoms with van der Waals surface area (Å²) < 4.78 is 6.25. The lowest BCUT2D eigenvalue weighted by atomic mass is 9.96. The lowest BCUT2D eigenvalue weighted by Gasteiger charge is -2.32. The molecule has 2 aromatic rings. The first-order valence-electron chi connectivity index (χ1n) is 12.9.